The zero-order valence-corrected chi connectivity index (χ0v) is 12.7. The van der Waals surface area contributed by atoms with Gasteiger partial charge in [-0.3, -0.25) is 4.79 Å². The van der Waals surface area contributed by atoms with Crippen LogP contribution in [0, 0.1) is 18.3 Å². The van der Waals surface area contributed by atoms with Crippen LogP contribution in [0.25, 0.3) is 6.08 Å². The van der Waals surface area contributed by atoms with Gasteiger partial charge in [0.2, 0.25) is 0 Å². The number of aryl methyl sites for hydroxylation is 1. The maximum Gasteiger partial charge on any atom is 0.262 e. The third-order valence-electron chi connectivity index (χ3n) is 3.50. The molecule has 0 fully saturated rings. The molecule has 0 saturated carbocycles. The number of nitrogens with zero attached hydrogens (tertiary/aromatic N) is 1. The molecular formula is C19H18N2O. The van der Waals surface area contributed by atoms with Crippen LogP contribution >= 0.6 is 0 Å². The minimum absolute atomic E-state index is 0.108. The molecule has 0 unspecified atom stereocenters. The van der Waals surface area contributed by atoms with E-state index in [9.17, 15) is 10.1 Å². The Morgan fingerprint density at radius 1 is 1.14 bits per heavy atom. The fourth-order valence-corrected chi connectivity index (χ4v) is 2.15. The molecule has 1 N–H and O–H groups in total. The lowest BCUT2D eigenvalue weighted by atomic mass is 10.0. The molecule has 0 spiro atoms. The van der Waals surface area contributed by atoms with E-state index in [-0.39, 0.29) is 17.5 Å². The maximum absolute atomic E-state index is 12.3. The van der Waals surface area contributed by atoms with Crippen molar-refractivity contribution in [2.75, 3.05) is 0 Å². The molecule has 1 atom stereocenters. The molecule has 0 radical (unpaired) electrons. The van der Waals surface area contributed by atoms with Gasteiger partial charge in [-0.1, -0.05) is 54.6 Å². The largest absolute Gasteiger partial charge is 0.345 e. The average Bonchev–Trinajstić information content (AvgIpc) is 2.54. The van der Waals surface area contributed by atoms with Crippen LogP contribution in [0.15, 0.2) is 60.2 Å². The van der Waals surface area contributed by atoms with Crippen LogP contribution in [0.2, 0.25) is 0 Å². The summed E-state index contributed by atoms with van der Waals surface area (Å²) < 4.78 is 0. The van der Waals surface area contributed by atoms with E-state index in [2.05, 4.69) is 5.32 Å². The van der Waals surface area contributed by atoms with Crippen molar-refractivity contribution in [2.24, 2.45) is 0 Å². The Labute approximate surface area is 130 Å². The molecule has 110 valence electrons. The summed E-state index contributed by atoms with van der Waals surface area (Å²) >= 11 is 0. The molecule has 0 saturated heterocycles. The third kappa shape index (κ3) is 3.83. The first-order valence-electron chi connectivity index (χ1n) is 7.15. The molecule has 0 heterocycles. The van der Waals surface area contributed by atoms with Crippen molar-refractivity contribution in [3.05, 3.63) is 76.9 Å². The molecule has 0 aliphatic carbocycles. The van der Waals surface area contributed by atoms with Crippen LogP contribution in [0.4, 0.5) is 0 Å². The summed E-state index contributed by atoms with van der Waals surface area (Å²) in [5, 5.41) is 12.1. The molecule has 2 rings (SSSR count). The highest BCUT2D eigenvalue weighted by Crippen LogP contribution is 2.15. The van der Waals surface area contributed by atoms with Crippen LogP contribution < -0.4 is 5.32 Å². The van der Waals surface area contributed by atoms with E-state index in [4.69, 9.17) is 0 Å². The van der Waals surface area contributed by atoms with Gasteiger partial charge >= 0.3 is 0 Å². The van der Waals surface area contributed by atoms with E-state index in [0.29, 0.717) is 0 Å². The fourth-order valence-electron chi connectivity index (χ4n) is 2.15. The van der Waals surface area contributed by atoms with E-state index < -0.39 is 0 Å². The Hall–Kier alpha value is -2.86. The first-order chi connectivity index (χ1) is 10.6. The average molecular weight is 290 g/mol. The quantitative estimate of drug-likeness (QED) is 0.688. The first-order valence-corrected chi connectivity index (χ1v) is 7.15. The van der Waals surface area contributed by atoms with E-state index in [1.54, 1.807) is 6.08 Å². The number of nitriles is 1. The van der Waals surface area contributed by atoms with E-state index in [1.165, 1.54) is 0 Å². The SMILES string of the molecule is Cc1ccccc1/C=C(\C#N)C(=O)N[C@@H](C)c1ccccc1. The van der Waals surface area contributed by atoms with Gasteiger partial charge in [-0.05, 0) is 36.6 Å². The van der Waals surface area contributed by atoms with Gasteiger partial charge in [0.05, 0.1) is 6.04 Å². The highest BCUT2D eigenvalue weighted by atomic mass is 16.1. The van der Waals surface area contributed by atoms with E-state index >= 15 is 0 Å². The number of hydrogen-bond donors (Lipinski definition) is 1. The summed E-state index contributed by atoms with van der Waals surface area (Å²) in [4.78, 5) is 12.3. The molecular weight excluding hydrogens is 272 g/mol. The zero-order valence-electron chi connectivity index (χ0n) is 12.7. The second-order valence-corrected chi connectivity index (χ2v) is 5.13. The molecule has 0 bridgehead atoms. The highest BCUT2D eigenvalue weighted by Gasteiger charge is 2.13. The number of hydrogen-bond acceptors (Lipinski definition) is 2. The Morgan fingerprint density at radius 2 is 1.77 bits per heavy atom. The summed E-state index contributed by atoms with van der Waals surface area (Å²) in [7, 11) is 0. The van der Waals surface area contributed by atoms with Crippen LogP contribution in [0.5, 0.6) is 0 Å². The lowest BCUT2D eigenvalue weighted by Gasteiger charge is -2.13. The van der Waals surface area contributed by atoms with Gasteiger partial charge in [0.1, 0.15) is 11.6 Å². The van der Waals surface area contributed by atoms with Gasteiger partial charge in [-0.15, -0.1) is 0 Å². The van der Waals surface area contributed by atoms with Crippen molar-refractivity contribution < 1.29 is 4.79 Å². The highest BCUT2D eigenvalue weighted by molar-refractivity contribution is 6.02. The van der Waals surface area contributed by atoms with Gasteiger partial charge in [-0.2, -0.15) is 5.26 Å². The maximum atomic E-state index is 12.3. The Morgan fingerprint density at radius 3 is 2.41 bits per heavy atom. The number of nitrogens with one attached hydrogen (secondary N) is 1. The first kappa shape index (κ1) is 15.5. The lowest BCUT2D eigenvalue weighted by Crippen LogP contribution is -2.27. The number of benzene rings is 2. The van der Waals surface area contributed by atoms with Crippen LogP contribution in [-0.4, -0.2) is 5.91 Å². The molecule has 3 nitrogen and oxygen atoms in total. The Balaban J connectivity index is 2.17. The van der Waals surface area contributed by atoms with Crippen molar-refractivity contribution in [1.82, 2.24) is 5.32 Å². The zero-order chi connectivity index (χ0) is 15.9. The monoisotopic (exact) mass is 290 g/mol. The number of amides is 1. The third-order valence-corrected chi connectivity index (χ3v) is 3.50. The van der Waals surface area contributed by atoms with E-state index in [1.807, 2.05) is 74.5 Å². The molecule has 0 aliphatic rings. The van der Waals surface area contributed by atoms with Crippen molar-refractivity contribution in [3.8, 4) is 6.07 Å². The number of carbonyl (C=O) groups excluding carboxylic acids is 1. The predicted octanol–water partition coefficient (Wildman–Crippen LogP) is 3.78. The number of carbonyl (C=O) groups is 1. The van der Waals surface area contributed by atoms with Crippen molar-refractivity contribution in [2.45, 2.75) is 19.9 Å². The van der Waals surface area contributed by atoms with Crippen LogP contribution in [-0.2, 0) is 4.79 Å². The van der Waals surface area contributed by atoms with Gasteiger partial charge in [0.25, 0.3) is 5.91 Å². The van der Waals surface area contributed by atoms with Gasteiger partial charge in [0.15, 0.2) is 0 Å². The molecule has 22 heavy (non-hydrogen) atoms. The summed E-state index contributed by atoms with van der Waals surface area (Å²) in [6, 6.07) is 19.2. The summed E-state index contributed by atoms with van der Waals surface area (Å²) in [6.45, 7) is 3.85. The predicted molar refractivity (Wildman–Crippen MR) is 87.8 cm³/mol. The topological polar surface area (TPSA) is 52.9 Å². The fraction of sp³-hybridized carbons (Fsp3) is 0.158. The summed E-state index contributed by atoms with van der Waals surface area (Å²) in [5.41, 5.74) is 3.02. The molecule has 0 aromatic heterocycles. The molecule has 2 aromatic rings. The second-order valence-electron chi connectivity index (χ2n) is 5.13. The van der Waals surface area contributed by atoms with Crippen molar-refractivity contribution in [3.63, 3.8) is 0 Å². The van der Waals surface area contributed by atoms with Gasteiger partial charge < -0.3 is 5.32 Å². The van der Waals surface area contributed by atoms with Crippen molar-refractivity contribution in [1.29, 1.82) is 5.26 Å². The molecule has 0 aliphatic heterocycles. The molecule has 1 amide bonds. The van der Waals surface area contributed by atoms with Crippen molar-refractivity contribution >= 4 is 12.0 Å². The van der Waals surface area contributed by atoms with Crippen LogP contribution in [0.3, 0.4) is 0 Å². The van der Waals surface area contributed by atoms with Gasteiger partial charge in [0, 0.05) is 0 Å². The summed E-state index contributed by atoms with van der Waals surface area (Å²) in [6.07, 6.45) is 1.63. The standard InChI is InChI=1S/C19H18N2O/c1-14-8-6-7-11-17(14)12-18(13-20)19(22)21-15(2)16-9-4-3-5-10-16/h3-12,15H,1-2H3,(H,21,22)/b18-12+/t15-/m0/s1. The van der Waals surface area contributed by atoms with Gasteiger partial charge in [-0.25, -0.2) is 0 Å². The van der Waals surface area contributed by atoms with Crippen LogP contribution in [0.1, 0.15) is 29.7 Å². The minimum Gasteiger partial charge on any atom is -0.345 e. The molecule has 3 heteroatoms. The summed E-state index contributed by atoms with van der Waals surface area (Å²) in [5.74, 6) is -0.359. The van der Waals surface area contributed by atoms with E-state index in [0.717, 1.165) is 16.7 Å². The Kier molecular flexibility index (Phi) is 5.11. The Bertz CT molecular complexity index is 727. The molecule has 2 aromatic carbocycles. The second kappa shape index (κ2) is 7.24. The number of rotatable bonds is 4. The smallest absolute Gasteiger partial charge is 0.262 e. The normalized spacial score (nSPS) is 12.3. The minimum atomic E-state index is -0.359. The lowest BCUT2D eigenvalue weighted by molar-refractivity contribution is -0.117.